The van der Waals surface area contributed by atoms with Crippen LogP contribution in [-0.4, -0.2) is 37.4 Å². The fourth-order valence-corrected chi connectivity index (χ4v) is 2.59. The van der Waals surface area contributed by atoms with Gasteiger partial charge in [-0.2, -0.15) is 0 Å². The first-order chi connectivity index (χ1) is 12.5. The zero-order valence-electron chi connectivity index (χ0n) is 15.4. The number of rotatable bonds is 6. The molecular weight excluding hydrogens is 331 g/mol. The van der Waals surface area contributed by atoms with Crippen molar-refractivity contribution >= 4 is 11.9 Å². The van der Waals surface area contributed by atoms with Gasteiger partial charge in [-0.3, -0.25) is 9.79 Å². The maximum absolute atomic E-state index is 13.0. The minimum Gasteiger partial charge on any atom is -0.352 e. The molecule has 0 heterocycles. The van der Waals surface area contributed by atoms with E-state index in [-0.39, 0.29) is 11.7 Å². The summed E-state index contributed by atoms with van der Waals surface area (Å²) in [7, 11) is 3.64. The predicted octanol–water partition coefficient (Wildman–Crippen LogP) is 2.78. The quantitative estimate of drug-likeness (QED) is 0.618. The molecule has 2 aromatic carbocycles. The molecular formula is C20H25FN4O. The van der Waals surface area contributed by atoms with Crippen molar-refractivity contribution in [2.24, 2.45) is 4.99 Å². The van der Waals surface area contributed by atoms with Gasteiger partial charge in [0.05, 0.1) is 0 Å². The van der Waals surface area contributed by atoms with Crippen molar-refractivity contribution in [1.82, 2.24) is 15.5 Å². The molecule has 0 unspecified atom stereocenters. The molecule has 0 aliphatic rings. The largest absolute Gasteiger partial charge is 0.352 e. The van der Waals surface area contributed by atoms with Crippen LogP contribution in [0.1, 0.15) is 28.4 Å². The second kappa shape index (κ2) is 9.56. The highest BCUT2D eigenvalue weighted by Crippen LogP contribution is 2.08. The summed E-state index contributed by atoms with van der Waals surface area (Å²) in [6, 6.07) is 13.9. The molecule has 0 aliphatic carbocycles. The topological polar surface area (TPSA) is 56.7 Å². The zero-order valence-corrected chi connectivity index (χ0v) is 15.4. The number of amides is 1. The Morgan fingerprint density at radius 2 is 1.85 bits per heavy atom. The number of benzene rings is 2. The number of nitrogens with one attached hydrogen (secondary N) is 2. The van der Waals surface area contributed by atoms with Gasteiger partial charge in [0.2, 0.25) is 0 Å². The van der Waals surface area contributed by atoms with Gasteiger partial charge in [-0.15, -0.1) is 0 Å². The van der Waals surface area contributed by atoms with Crippen LogP contribution in [-0.2, 0) is 13.1 Å². The number of halogens is 1. The molecule has 0 saturated heterocycles. The molecule has 6 heteroatoms. The van der Waals surface area contributed by atoms with Crippen molar-refractivity contribution in [3.8, 4) is 0 Å². The molecule has 0 saturated carbocycles. The second-order valence-corrected chi connectivity index (χ2v) is 5.94. The number of nitrogens with zero attached hydrogens (tertiary/aromatic N) is 2. The first-order valence-electron chi connectivity index (χ1n) is 8.57. The van der Waals surface area contributed by atoms with Gasteiger partial charge in [0.25, 0.3) is 5.91 Å². The molecule has 138 valence electrons. The van der Waals surface area contributed by atoms with Crippen LogP contribution in [0.4, 0.5) is 4.39 Å². The third kappa shape index (κ3) is 5.58. The van der Waals surface area contributed by atoms with Crippen molar-refractivity contribution in [2.75, 3.05) is 20.6 Å². The molecule has 1 amide bonds. The van der Waals surface area contributed by atoms with E-state index in [0.29, 0.717) is 25.2 Å². The Morgan fingerprint density at radius 3 is 2.50 bits per heavy atom. The van der Waals surface area contributed by atoms with Crippen LogP contribution in [0.15, 0.2) is 53.5 Å². The zero-order chi connectivity index (χ0) is 18.9. The number of guanidine groups is 1. The van der Waals surface area contributed by atoms with Crippen LogP contribution in [0, 0.1) is 5.82 Å². The lowest BCUT2D eigenvalue weighted by molar-refractivity contribution is 0.0955. The van der Waals surface area contributed by atoms with Gasteiger partial charge in [0.1, 0.15) is 5.82 Å². The van der Waals surface area contributed by atoms with E-state index in [4.69, 9.17) is 0 Å². The Morgan fingerprint density at radius 1 is 1.12 bits per heavy atom. The van der Waals surface area contributed by atoms with E-state index < -0.39 is 0 Å². The van der Waals surface area contributed by atoms with Crippen LogP contribution in [0.5, 0.6) is 0 Å². The molecule has 5 nitrogen and oxygen atoms in total. The minimum absolute atomic E-state index is 0.0767. The van der Waals surface area contributed by atoms with Gasteiger partial charge in [-0.05, 0) is 42.3 Å². The summed E-state index contributed by atoms with van der Waals surface area (Å²) in [4.78, 5) is 18.2. The number of carbonyl (C=O) groups is 1. The summed E-state index contributed by atoms with van der Waals surface area (Å²) < 4.78 is 13.0. The highest BCUT2D eigenvalue weighted by atomic mass is 19.1. The van der Waals surface area contributed by atoms with Crippen molar-refractivity contribution < 1.29 is 9.18 Å². The van der Waals surface area contributed by atoms with E-state index in [2.05, 4.69) is 15.6 Å². The summed E-state index contributed by atoms with van der Waals surface area (Å²) in [5.41, 5.74) is 2.63. The van der Waals surface area contributed by atoms with Crippen molar-refractivity contribution in [2.45, 2.75) is 20.0 Å². The lowest BCUT2D eigenvalue weighted by Crippen LogP contribution is -2.38. The predicted molar refractivity (Wildman–Crippen MR) is 103 cm³/mol. The molecule has 0 aliphatic heterocycles. The fourth-order valence-electron chi connectivity index (χ4n) is 2.59. The van der Waals surface area contributed by atoms with Crippen molar-refractivity contribution in [3.05, 3.63) is 71.0 Å². The molecule has 0 atom stereocenters. The normalized spacial score (nSPS) is 11.2. The van der Waals surface area contributed by atoms with Crippen LogP contribution >= 0.6 is 0 Å². The fraction of sp³-hybridized carbons (Fsp3) is 0.300. The third-order valence-electron chi connectivity index (χ3n) is 3.88. The molecule has 2 rings (SSSR count). The Balaban J connectivity index is 1.97. The first kappa shape index (κ1) is 19.4. The Labute approximate surface area is 153 Å². The highest BCUT2D eigenvalue weighted by Gasteiger charge is 2.08. The minimum atomic E-state index is -0.245. The number of hydrogen-bond donors (Lipinski definition) is 2. The Bertz CT molecular complexity index is 759. The van der Waals surface area contributed by atoms with E-state index in [9.17, 15) is 9.18 Å². The third-order valence-corrected chi connectivity index (χ3v) is 3.88. The van der Waals surface area contributed by atoms with E-state index in [1.165, 1.54) is 12.1 Å². The number of carbonyl (C=O) groups excluding carboxylic acids is 1. The van der Waals surface area contributed by atoms with E-state index in [0.717, 1.165) is 17.1 Å². The lowest BCUT2D eigenvalue weighted by atomic mass is 10.1. The van der Waals surface area contributed by atoms with Gasteiger partial charge in [-0.25, -0.2) is 4.39 Å². The van der Waals surface area contributed by atoms with Crippen molar-refractivity contribution in [3.63, 3.8) is 0 Å². The Kier molecular flexibility index (Phi) is 7.14. The Hall–Kier alpha value is -2.89. The molecule has 0 radical (unpaired) electrons. The first-order valence-corrected chi connectivity index (χ1v) is 8.57. The molecule has 26 heavy (non-hydrogen) atoms. The summed E-state index contributed by atoms with van der Waals surface area (Å²) in [5.74, 6) is 0.399. The molecule has 0 fully saturated rings. The average Bonchev–Trinajstić information content (AvgIpc) is 2.64. The van der Waals surface area contributed by atoms with Gasteiger partial charge < -0.3 is 15.5 Å². The summed E-state index contributed by atoms with van der Waals surface area (Å²) in [6.45, 7) is 3.65. The molecule has 0 spiro atoms. The van der Waals surface area contributed by atoms with Gasteiger partial charge in [0.15, 0.2) is 5.96 Å². The van der Waals surface area contributed by atoms with Crippen LogP contribution in [0.2, 0.25) is 0 Å². The average molecular weight is 356 g/mol. The standard InChI is InChI=1S/C20H25FN4O/c1-4-23-19(26)17-7-5-6-16(12-17)13-24-20(22-2)25(3)14-15-8-10-18(21)11-9-15/h5-12H,4,13-14H2,1-3H3,(H,22,24)(H,23,26). The van der Waals surface area contributed by atoms with Gasteiger partial charge in [-0.1, -0.05) is 24.3 Å². The second-order valence-electron chi connectivity index (χ2n) is 5.94. The van der Waals surface area contributed by atoms with Crippen LogP contribution in [0.25, 0.3) is 0 Å². The number of hydrogen-bond acceptors (Lipinski definition) is 2. The van der Waals surface area contributed by atoms with E-state index >= 15 is 0 Å². The smallest absolute Gasteiger partial charge is 0.251 e. The maximum atomic E-state index is 13.0. The van der Waals surface area contributed by atoms with E-state index in [1.807, 2.05) is 37.1 Å². The summed E-state index contributed by atoms with van der Waals surface area (Å²) >= 11 is 0. The maximum Gasteiger partial charge on any atom is 0.251 e. The summed E-state index contributed by atoms with van der Waals surface area (Å²) in [5, 5.41) is 6.08. The van der Waals surface area contributed by atoms with Gasteiger partial charge in [0, 0.05) is 39.3 Å². The van der Waals surface area contributed by atoms with Crippen LogP contribution < -0.4 is 10.6 Å². The molecule has 2 N–H and O–H groups in total. The van der Waals surface area contributed by atoms with Crippen molar-refractivity contribution in [1.29, 1.82) is 0 Å². The highest BCUT2D eigenvalue weighted by molar-refractivity contribution is 5.94. The SMILES string of the molecule is CCNC(=O)c1cccc(CNC(=NC)N(C)Cc2ccc(F)cc2)c1. The molecule has 2 aromatic rings. The van der Waals surface area contributed by atoms with E-state index in [1.54, 1.807) is 25.2 Å². The van der Waals surface area contributed by atoms with Crippen LogP contribution in [0.3, 0.4) is 0 Å². The summed E-state index contributed by atoms with van der Waals surface area (Å²) in [6.07, 6.45) is 0. The molecule has 0 bridgehead atoms. The molecule has 0 aromatic heterocycles. The number of aliphatic imine (C=N–C) groups is 1. The van der Waals surface area contributed by atoms with Gasteiger partial charge >= 0.3 is 0 Å². The monoisotopic (exact) mass is 356 g/mol. The lowest BCUT2D eigenvalue weighted by Gasteiger charge is -2.22.